The Morgan fingerprint density at radius 1 is 0.966 bits per heavy atom. The summed E-state index contributed by atoms with van der Waals surface area (Å²) in [6, 6.07) is 11.5. The van der Waals surface area contributed by atoms with Crippen LogP contribution in [0, 0.1) is 24.6 Å². The van der Waals surface area contributed by atoms with Crippen molar-refractivity contribution in [3.63, 3.8) is 0 Å². The van der Waals surface area contributed by atoms with Gasteiger partial charge in [0.2, 0.25) is 17.7 Å². The lowest BCUT2D eigenvalue weighted by Crippen LogP contribution is -2.28. The Balaban J connectivity index is 1.36. The molecular formula is C22H22FN3O3. The number of hydrogen-bond donors (Lipinski definition) is 2. The zero-order valence-electron chi connectivity index (χ0n) is 16.1. The second kappa shape index (κ2) is 7.66. The van der Waals surface area contributed by atoms with E-state index in [1.54, 1.807) is 43.3 Å². The minimum Gasteiger partial charge on any atom is -0.326 e. The molecule has 6 nitrogen and oxygen atoms in total. The number of rotatable bonds is 5. The fraction of sp³-hybridized carbons (Fsp3) is 0.318. The first-order valence-corrected chi connectivity index (χ1v) is 9.69. The quantitative estimate of drug-likeness (QED) is 0.814. The maximum absolute atomic E-state index is 13.8. The number of nitrogens with one attached hydrogen (secondary N) is 2. The Morgan fingerprint density at radius 3 is 2.10 bits per heavy atom. The number of amides is 3. The van der Waals surface area contributed by atoms with Crippen LogP contribution in [0.4, 0.5) is 21.5 Å². The summed E-state index contributed by atoms with van der Waals surface area (Å²) in [4.78, 5) is 38.1. The highest BCUT2D eigenvalue weighted by Gasteiger charge is 2.35. The number of carbonyl (C=O) groups is 3. The van der Waals surface area contributed by atoms with E-state index >= 15 is 0 Å². The van der Waals surface area contributed by atoms with E-state index in [4.69, 9.17) is 0 Å². The van der Waals surface area contributed by atoms with Gasteiger partial charge in [-0.3, -0.25) is 14.4 Å². The van der Waals surface area contributed by atoms with E-state index in [-0.39, 0.29) is 42.4 Å². The molecule has 1 aliphatic carbocycles. The molecule has 2 aromatic rings. The van der Waals surface area contributed by atoms with Gasteiger partial charge < -0.3 is 15.5 Å². The molecule has 0 bridgehead atoms. The van der Waals surface area contributed by atoms with Gasteiger partial charge in [0.25, 0.3) is 0 Å². The van der Waals surface area contributed by atoms with Gasteiger partial charge in [-0.15, -0.1) is 0 Å². The molecule has 150 valence electrons. The third kappa shape index (κ3) is 4.29. The molecule has 2 fully saturated rings. The van der Waals surface area contributed by atoms with Crippen molar-refractivity contribution in [1.29, 1.82) is 0 Å². The van der Waals surface area contributed by atoms with Gasteiger partial charge in [-0.1, -0.05) is 6.07 Å². The number of benzene rings is 2. The normalized spacial score (nSPS) is 18.6. The van der Waals surface area contributed by atoms with Crippen LogP contribution in [0.15, 0.2) is 42.5 Å². The molecule has 1 heterocycles. The van der Waals surface area contributed by atoms with Crippen LogP contribution in [0.25, 0.3) is 0 Å². The average molecular weight is 395 g/mol. The van der Waals surface area contributed by atoms with Gasteiger partial charge in [-0.05, 0) is 61.7 Å². The van der Waals surface area contributed by atoms with Gasteiger partial charge in [0.1, 0.15) is 5.82 Å². The van der Waals surface area contributed by atoms with Crippen LogP contribution in [0.5, 0.6) is 0 Å². The summed E-state index contributed by atoms with van der Waals surface area (Å²) in [6.07, 6.45) is 1.95. The third-order valence-corrected chi connectivity index (χ3v) is 5.33. The van der Waals surface area contributed by atoms with Crippen LogP contribution in [0.1, 0.15) is 24.8 Å². The Kier molecular flexibility index (Phi) is 5.05. The smallest absolute Gasteiger partial charge is 0.229 e. The summed E-state index contributed by atoms with van der Waals surface area (Å²) >= 11 is 0. The summed E-state index contributed by atoms with van der Waals surface area (Å²) in [6.45, 7) is 1.87. The molecule has 29 heavy (non-hydrogen) atoms. The fourth-order valence-corrected chi connectivity index (χ4v) is 3.35. The largest absolute Gasteiger partial charge is 0.326 e. The summed E-state index contributed by atoms with van der Waals surface area (Å²) < 4.78 is 13.8. The van der Waals surface area contributed by atoms with E-state index < -0.39 is 5.92 Å². The number of hydrogen-bond acceptors (Lipinski definition) is 3. The van der Waals surface area contributed by atoms with E-state index in [1.165, 1.54) is 11.0 Å². The highest BCUT2D eigenvalue weighted by atomic mass is 19.1. The van der Waals surface area contributed by atoms with Crippen LogP contribution < -0.4 is 15.5 Å². The van der Waals surface area contributed by atoms with Crippen molar-refractivity contribution >= 4 is 34.8 Å². The molecule has 0 aromatic heterocycles. The van der Waals surface area contributed by atoms with Crippen molar-refractivity contribution in [3.05, 3.63) is 53.8 Å². The molecule has 2 aromatic carbocycles. The summed E-state index contributed by atoms with van der Waals surface area (Å²) in [5.41, 5.74) is 2.24. The first-order chi connectivity index (χ1) is 13.9. The monoisotopic (exact) mass is 395 g/mol. The molecule has 1 aliphatic heterocycles. The zero-order chi connectivity index (χ0) is 20.5. The Morgan fingerprint density at radius 2 is 1.55 bits per heavy atom. The van der Waals surface area contributed by atoms with Crippen molar-refractivity contribution in [2.24, 2.45) is 11.8 Å². The third-order valence-electron chi connectivity index (χ3n) is 5.33. The number of carbonyl (C=O) groups excluding carboxylic acids is 3. The van der Waals surface area contributed by atoms with Crippen molar-refractivity contribution in [2.75, 3.05) is 22.1 Å². The van der Waals surface area contributed by atoms with E-state index in [2.05, 4.69) is 10.6 Å². The highest BCUT2D eigenvalue weighted by Crippen LogP contribution is 2.30. The molecule has 1 atom stereocenters. The van der Waals surface area contributed by atoms with Crippen LogP contribution in [-0.4, -0.2) is 24.3 Å². The van der Waals surface area contributed by atoms with Crippen molar-refractivity contribution in [2.45, 2.75) is 26.2 Å². The van der Waals surface area contributed by atoms with E-state index in [9.17, 15) is 18.8 Å². The second-order valence-electron chi connectivity index (χ2n) is 7.67. The summed E-state index contributed by atoms with van der Waals surface area (Å²) in [5, 5.41) is 5.65. The number of halogens is 1. The predicted molar refractivity (Wildman–Crippen MR) is 108 cm³/mol. The first-order valence-electron chi connectivity index (χ1n) is 9.69. The van der Waals surface area contributed by atoms with Crippen LogP contribution in [-0.2, 0) is 14.4 Å². The van der Waals surface area contributed by atoms with E-state index in [0.717, 1.165) is 12.8 Å². The Bertz CT molecular complexity index is 970. The van der Waals surface area contributed by atoms with Gasteiger partial charge in [0.15, 0.2) is 0 Å². The van der Waals surface area contributed by atoms with E-state index in [0.29, 0.717) is 22.6 Å². The minimum absolute atomic E-state index is 0.0267. The molecule has 1 unspecified atom stereocenters. The molecule has 4 rings (SSSR count). The summed E-state index contributed by atoms with van der Waals surface area (Å²) in [7, 11) is 0. The number of nitrogens with zero attached hydrogens (tertiary/aromatic N) is 1. The van der Waals surface area contributed by atoms with Gasteiger partial charge in [0.05, 0.1) is 5.92 Å². The first kappa shape index (κ1) is 19.1. The molecular weight excluding hydrogens is 373 g/mol. The number of aryl methyl sites for hydroxylation is 1. The van der Waals surface area contributed by atoms with Crippen LogP contribution in [0.3, 0.4) is 0 Å². The van der Waals surface area contributed by atoms with Gasteiger partial charge in [-0.2, -0.15) is 0 Å². The molecule has 1 saturated carbocycles. The van der Waals surface area contributed by atoms with Gasteiger partial charge in [0, 0.05) is 35.9 Å². The average Bonchev–Trinajstić information content (AvgIpc) is 3.48. The van der Waals surface area contributed by atoms with Crippen LogP contribution >= 0.6 is 0 Å². The summed E-state index contributed by atoms with van der Waals surface area (Å²) in [5.74, 6) is -1.20. The molecule has 3 amide bonds. The second-order valence-corrected chi connectivity index (χ2v) is 7.67. The van der Waals surface area contributed by atoms with Crippen molar-refractivity contribution < 1.29 is 18.8 Å². The lowest BCUT2D eigenvalue weighted by atomic mass is 10.1. The topological polar surface area (TPSA) is 78.5 Å². The molecule has 2 aliphatic rings. The molecule has 0 radical (unpaired) electrons. The maximum atomic E-state index is 13.8. The van der Waals surface area contributed by atoms with Gasteiger partial charge in [-0.25, -0.2) is 4.39 Å². The Labute approximate surface area is 168 Å². The molecule has 2 N–H and O–H groups in total. The van der Waals surface area contributed by atoms with Crippen molar-refractivity contribution in [3.8, 4) is 0 Å². The van der Waals surface area contributed by atoms with Crippen LogP contribution in [0.2, 0.25) is 0 Å². The predicted octanol–water partition coefficient (Wildman–Crippen LogP) is 3.47. The lowest BCUT2D eigenvalue weighted by molar-refractivity contribution is -0.122. The molecule has 1 saturated heterocycles. The molecule has 0 spiro atoms. The fourth-order valence-electron chi connectivity index (χ4n) is 3.35. The van der Waals surface area contributed by atoms with Crippen molar-refractivity contribution in [1.82, 2.24) is 0 Å². The Hall–Kier alpha value is -3.22. The SMILES string of the molecule is Cc1ccc(N2CC(C(=O)Nc3ccc(NC(=O)C4CC4)cc3)CC2=O)cc1F. The number of anilines is 3. The maximum Gasteiger partial charge on any atom is 0.229 e. The highest BCUT2D eigenvalue weighted by molar-refractivity contribution is 6.03. The van der Waals surface area contributed by atoms with E-state index in [1.807, 2.05) is 0 Å². The molecule has 7 heteroatoms. The lowest BCUT2D eigenvalue weighted by Gasteiger charge is -2.17. The van der Waals surface area contributed by atoms with Gasteiger partial charge >= 0.3 is 0 Å². The zero-order valence-corrected chi connectivity index (χ0v) is 16.1. The standard InChI is InChI=1S/C22H22FN3O3/c1-13-2-9-18(11-19(13)23)26-12-15(10-20(26)27)22(29)25-17-7-5-16(6-8-17)24-21(28)14-3-4-14/h2,5-9,11,14-15H,3-4,10,12H2,1H3,(H,24,28)(H,25,29). The minimum atomic E-state index is -0.513.